The molecule has 78 valence electrons. The molecule has 0 bridgehead atoms. The summed E-state index contributed by atoms with van der Waals surface area (Å²) >= 11 is 0. The van der Waals surface area contributed by atoms with E-state index in [0.717, 1.165) is 12.6 Å². The Balaban J connectivity index is 2.28. The van der Waals surface area contributed by atoms with Crippen LogP contribution in [0.5, 0.6) is 0 Å². The first-order chi connectivity index (χ1) is 6.05. The third kappa shape index (κ3) is 3.28. The van der Waals surface area contributed by atoms with Crippen molar-refractivity contribution >= 4 is 0 Å². The zero-order chi connectivity index (χ0) is 9.90. The molecule has 2 nitrogen and oxygen atoms in total. The summed E-state index contributed by atoms with van der Waals surface area (Å²) in [5, 5.41) is 3.26. The van der Waals surface area contributed by atoms with E-state index in [0.29, 0.717) is 5.41 Å². The topological polar surface area (TPSA) is 15.3 Å². The number of nitrogens with zero attached hydrogens (tertiary/aromatic N) is 1. The normalized spacial score (nSPS) is 19.2. The standard InChI is InChI=1S/C11H24N2/c1-11(2,8-12-3)9-13(4)10-6-5-7-10/h10,12H,5-9H2,1-4H3. The van der Waals surface area contributed by atoms with Crippen LogP contribution in [0.2, 0.25) is 0 Å². The van der Waals surface area contributed by atoms with E-state index in [9.17, 15) is 0 Å². The van der Waals surface area contributed by atoms with Crippen molar-refractivity contribution in [1.29, 1.82) is 0 Å². The molecule has 0 spiro atoms. The first kappa shape index (κ1) is 11.0. The molecular formula is C11H24N2. The van der Waals surface area contributed by atoms with Gasteiger partial charge in [0.05, 0.1) is 0 Å². The van der Waals surface area contributed by atoms with Gasteiger partial charge in [-0.3, -0.25) is 0 Å². The third-order valence-electron chi connectivity index (χ3n) is 3.03. The molecule has 1 aliphatic carbocycles. The fraction of sp³-hybridized carbons (Fsp3) is 1.00. The van der Waals surface area contributed by atoms with Crippen molar-refractivity contribution in [2.75, 3.05) is 27.2 Å². The van der Waals surface area contributed by atoms with Gasteiger partial charge >= 0.3 is 0 Å². The fourth-order valence-corrected chi connectivity index (χ4v) is 2.17. The molecule has 0 heterocycles. The predicted octanol–water partition coefficient (Wildman–Crippen LogP) is 1.72. The Morgan fingerprint density at radius 3 is 2.38 bits per heavy atom. The molecule has 0 amide bonds. The number of nitrogens with one attached hydrogen (secondary N) is 1. The van der Waals surface area contributed by atoms with Crippen molar-refractivity contribution in [1.82, 2.24) is 10.2 Å². The summed E-state index contributed by atoms with van der Waals surface area (Å²) in [5.74, 6) is 0. The molecule has 1 aliphatic rings. The molecule has 2 heteroatoms. The summed E-state index contributed by atoms with van der Waals surface area (Å²) in [6.07, 6.45) is 4.25. The third-order valence-corrected chi connectivity index (χ3v) is 3.03. The quantitative estimate of drug-likeness (QED) is 0.700. The van der Waals surface area contributed by atoms with Gasteiger partial charge in [-0.2, -0.15) is 0 Å². The van der Waals surface area contributed by atoms with E-state index in [-0.39, 0.29) is 0 Å². The van der Waals surface area contributed by atoms with Crippen LogP contribution < -0.4 is 5.32 Å². The van der Waals surface area contributed by atoms with Crippen LogP contribution in [0.25, 0.3) is 0 Å². The molecule has 13 heavy (non-hydrogen) atoms. The van der Waals surface area contributed by atoms with E-state index >= 15 is 0 Å². The van der Waals surface area contributed by atoms with Gasteiger partial charge in [0.2, 0.25) is 0 Å². The van der Waals surface area contributed by atoms with E-state index in [1.54, 1.807) is 0 Å². The highest BCUT2D eigenvalue weighted by Gasteiger charge is 2.26. The molecule has 0 aliphatic heterocycles. The zero-order valence-corrected chi connectivity index (χ0v) is 9.56. The fourth-order valence-electron chi connectivity index (χ4n) is 2.17. The maximum atomic E-state index is 3.26. The van der Waals surface area contributed by atoms with Gasteiger partial charge in [0, 0.05) is 19.1 Å². The minimum atomic E-state index is 0.402. The first-order valence-corrected chi connectivity index (χ1v) is 5.40. The first-order valence-electron chi connectivity index (χ1n) is 5.40. The Kier molecular flexibility index (Phi) is 3.74. The Labute approximate surface area is 82.7 Å². The van der Waals surface area contributed by atoms with Crippen LogP contribution in [-0.2, 0) is 0 Å². The Hall–Kier alpha value is -0.0800. The molecular weight excluding hydrogens is 160 g/mol. The average molecular weight is 184 g/mol. The lowest BCUT2D eigenvalue weighted by Crippen LogP contribution is -2.45. The van der Waals surface area contributed by atoms with Gasteiger partial charge in [0.25, 0.3) is 0 Å². The number of rotatable bonds is 5. The van der Waals surface area contributed by atoms with Crippen LogP contribution in [0, 0.1) is 5.41 Å². The molecule has 0 unspecified atom stereocenters. The van der Waals surface area contributed by atoms with Gasteiger partial charge in [0.1, 0.15) is 0 Å². The largest absolute Gasteiger partial charge is 0.319 e. The van der Waals surface area contributed by atoms with E-state index in [2.05, 4.69) is 31.1 Å². The second-order valence-corrected chi connectivity index (χ2v) is 5.19. The molecule has 0 saturated heterocycles. The van der Waals surface area contributed by atoms with Crippen molar-refractivity contribution in [3.8, 4) is 0 Å². The SMILES string of the molecule is CNCC(C)(C)CN(C)C1CCC1. The monoisotopic (exact) mass is 184 g/mol. The van der Waals surface area contributed by atoms with Crippen LogP contribution in [0.1, 0.15) is 33.1 Å². The minimum absolute atomic E-state index is 0.402. The van der Waals surface area contributed by atoms with Crippen molar-refractivity contribution < 1.29 is 0 Å². The molecule has 0 atom stereocenters. The minimum Gasteiger partial charge on any atom is -0.319 e. The molecule has 0 aromatic rings. The van der Waals surface area contributed by atoms with E-state index < -0.39 is 0 Å². The van der Waals surface area contributed by atoms with Gasteiger partial charge in [-0.1, -0.05) is 20.3 Å². The van der Waals surface area contributed by atoms with Crippen LogP contribution in [0.3, 0.4) is 0 Å². The lowest BCUT2D eigenvalue weighted by molar-refractivity contribution is 0.109. The van der Waals surface area contributed by atoms with Crippen LogP contribution in [0.4, 0.5) is 0 Å². The lowest BCUT2D eigenvalue weighted by atomic mass is 9.87. The summed E-state index contributed by atoms with van der Waals surface area (Å²) in [4.78, 5) is 2.53. The summed E-state index contributed by atoms with van der Waals surface area (Å²) < 4.78 is 0. The lowest BCUT2D eigenvalue weighted by Gasteiger charge is -2.39. The maximum Gasteiger partial charge on any atom is 0.00924 e. The average Bonchev–Trinajstić information content (AvgIpc) is 1.79. The molecule has 1 N–H and O–H groups in total. The maximum absolute atomic E-state index is 3.26. The number of hydrogen-bond donors (Lipinski definition) is 1. The molecule has 1 fully saturated rings. The Morgan fingerprint density at radius 2 is 2.00 bits per heavy atom. The van der Waals surface area contributed by atoms with E-state index in [1.165, 1.54) is 25.8 Å². The van der Waals surface area contributed by atoms with Crippen LogP contribution in [-0.4, -0.2) is 38.1 Å². The van der Waals surface area contributed by atoms with Crippen LogP contribution >= 0.6 is 0 Å². The summed E-state index contributed by atoms with van der Waals surface area (Å²) in [5.41, 5.74) is 0.402. The van der Waals surface area contributed by atoms with Gasteiger partial charge in [-0.15, -0.1) is 0 Å². The highest BCUT2D eigenvalue weighted by Crippen LogP contribution is 2.26. The van der Waals surface area contributed by atoms with Crippen molar-refractivity contribution in [3.63, 3.8) is 0 Å². The van der Waals surface area contributed by atoms with Gasteiger partial charge in [-0.05, 0) is 32.4 Å². The van der Waals surface area contributed by atoms with Crippen LogP contribution in [0.15, 0.2) is 0 Å². The predicted molar refractivity (Wildman–Crippen MR) is 58.0 cm³/mol. The number of hydrogen-bond acceptors (Lipinski definition) is 2. The zero-order valence-electron chi connectivity index (χ0n) is 9.56. The smallest absolute Gasteiger partial charge is 0.00924 e. The second kappa shape index (κ2) is 4.43. The summed E-state index contributed by atoms with van der Waals surface area (Å²) in [6.45, 7) is 6.97. The Morgan fingerprint density at radius 1 is 1.38 bits per heavy atom. The van der Waals surface area contributed by atoms with Gasteiger partial charge < -0.3 is 10.2 Å². The molecule has 0 aromatic heterocycles. The van der Waals surface area contributed by atoms with Crippen molar-refractivity contribution in [2.24, 2.45) is 5.41 Å². The second-order valence-electron chi connectivity index (χ2n) is 5.19. The van der Waals surface area contributed by atoms with E-state index in [4.69, 9.17) is 0 Å². The van der Waals surface area contributed by atoms with Gasteiger partial charge in [-0.25, -0.2) is 0 Å². The van der Waals surface area contributed by atoms with Gasteiger partial charge in [0.15, 0.2) is 0 Å². The van der Waals surface area contributed by atoms with Crippen molar-refractivity contribution in [3.05, 3.63) is 0 Å². The molecule has 0 radical (unpaired) electrons. The van der Waals surface area contributed by atoms with E-state index in [1.807, 2.05) is 7.05 Å². The summed E-state index contributed by atoms with van der Waals surface area (Å²) in [7, 11) is 4.30. The summed E-state index contributed by atoms with van der Waals surface area (Å²) in [6, 6.07) is 0.871. The highest BCUT2D eigenvalue weighted by atomic mass is 15.1. The Bertz CT molecular complexity index is 150. The molecule has 0 aromatic carbocycles. The van der Waals surface area contributed by atoms with Crippen molar-refractivity contribution in [2.45, 2.75) is 39.2 Å². The molecule has 1 rings (SSSR count). The molecule has 1 saturated carbocycles. The highest BCUT2D eigenvalue weighted by molar-refractivity contribution is 4.82.